The van der Waals surface area contributed by atoms with Gasteiger partial charge in [0.2, 0.25) is 0 Å². The third-order valence-electron chi connectivity index (χ3n) is 4.61. The summed E-state index contributed by atoms with van der Waals surface area (Å²) in [6.45, 7) is 6.51. The van der Waals surface area contributed by atoms with E-state index in [9.17, 15) is 0 Å². The molecular weight excluding hydrogens is 282 g/mol. The molecule has 0 atom stereocenters. The van der Waals surface area contributed by atoms with Gasteiger partial charge < -0.3 is 15.5 Å². The normalized spacial score (nSPS) is 16.3. The molecule has 1 aliphatic rings. The van der Waals surface area contributed by atoms with Crippen LogP contribution in [0.15, 0.2) is 54.6 Å². The lowest BCUT2D eigenvalue weighted by Gasteiger charge is -2.24. The Bertz CT molecular complexity index is 580. The standard InChI is InChI=1S/C20H27N3/c21-12-4-13-22-14-5-15-23(17-16-22)20-10-8-19(9-11-20)18-6-2-1-3-7-18/h1-3,6-11H,4-5,12-17,21H2. The second kappa shape index (κ2) is 8.14. The first kappa shape index (κ1) is 16.0. The van der Waals surface area contributed by atoms with Crippen LogP contribution in [-0.2, 0) is 0 Å². The lowest BCUT2D eigenvalue weighted by Crippen LogP contribution is -2.32. The average molecular weight is 309 g/mol. The van der Waals surface area contributed by atoms with E-state index in [1.54, 1.807) is 0 Å². The van der Waals surface area contributed by atoms with E-state index in [4.69, 9.17) is 5.73 Å². The Labute approximate surface area is 139 Å². The first-order valence-electron chi connectivity index (χ1n) is 8.70. The fourth-order valence-electron chi connectivity index (χ4n) is 3.26. The number of hydrogen-bond acceptors (Lipinski definition) is 3. The maximum absolute atomic E-state index is 5.63. The van der Waals surface area contributed by atoms with Crippen LogP contribution in [0.5, 0.6) is 0 Å². The van der Waals surface area contributed by atoms with Gasteiger partial charge in [0.25, 0.3) is 0 Å². The van der Waals surface area contributed by atoms with Gasteiger partial charge in [-0.1, -0.05) is 42.5 Å². The van der Waals surface area contributed by atoms with E-state index in [1.165, 1.54) is 29.8 Å². The number of anilines is 1. The van der Waals surface area contributed by atoms with Crippen molar-refractivity contribution >= 4 is 5.69 Å². The van der Waals surface area contributed by atoms with Crippen LogP contribution in [0.1, 0.15) is 12.8 Å². The third-order valence-corrected chi connectivity index (χ3v) is 4.61. The molecule has 0 radical (unpaired) electrons. The predicted molar refractivity (Wildman–Crippen MR) is 98.8 cm³/mol. The van der Waals surface area contributed by atoms with Crippen molar-refractivity contribution in [1.82, 2.24) is 4.90 Å². The molecule has 0 spiro atoms. The van der Waals surface area contributed by atoms with Crippen molar-refractivity contribution in [3.8, 4) is 11.1 Å². The van der Waals surface area contributed by atoms with Crippen molar-refractivity contribution in [2.24, 2.45) is 5.73 Å². The maximum atomic E-state index is 5.63. The second-order valence-electron chi connectivity index (χ2n) is 6.24. The lowest BCUT2D eigenvalue weighted by atomic mass is 10.1. The van der Waals surface area contributed by atoms with E-state index in [-0.39, 0.29) is 0 Å². The molecule has 1 heterocycles. The molecule has 2 aromatic carbocycles. The minimum Gasteiger partial charge on any atom is -0.370 e. The largest absolute Gasteiger partial charge is 0.370 e. The molecule has 1 saturated heterocycles. The number of benzene rings is 2. The topological polar surface area (TPSA) is 32.5 Å². The molecule has 0 bridgehead atoms. The molecule has 1 aliphatic heterocycles. The van der Waals surface area contributed by atoms with Gasteiger partial charge in [-0.05, 0) is 55.7 Å². The molecular formula is C20H27N3. The Morgan fingerprint density at radius 3 is 2.26 bits per heavy atom. The molecule has 122 valence electrons. The smallest absolute Gasteiger partial charge is 0.0367 e. The minimum atomic E-state index is 0.793. The molecule has 0 aliphatic carbocycles. The highest BCUT2D eigenvalue weighted by Crippen LogP contribution is 2.23. The van der Waals surface area contributed by atoms with E-state index >= 15 is 0 Å². The van der Waals surface area contributed by atoms with Gasteiger partial charge in [0.15, 0.2) is 0 Å². The van der Waals surface area contributed by atoms with E-state index in [1.807, 2.05) is 0 Å². The van der Waals surface area contributed by atoms with Crippen LogP contribution in [0.3, 0.4) is 0 Å². The second-order valence-corrected chi connectivity index (χ2v) is 6.24. The molecule has 0 amide bonds. The first-order valence-corrected chi connectivity index (χ1v) is 8.70. The Balaban J connectivity index is 1.63. The number of nitrogens with zero attached hydrogens (tertiary/aromatic N) is 2. The fourth-order valence-corrected chi connectivity index (χ4v) is 3.26. The summed E-state index contributed by atoms with van der Waals surface area (Å²) in [5, 5.41) is 0. The number of hydrogen-bond donors (Lipinski definition) is 1. The van der Waals surface area contributed by atoms with Crippen molar-refractivity contribution in [2.45, 2.75) is 12.8 Å². The fraction of sp³-hybridized carbons (Fsp3) is 0.400. The molecule has 0 aromatic heterocycles. The van der Waals surface area contributed by atoms with E-state index < -0.39 is 0 Å². The van der Waals surface area contributed by atoms with Crippen molar-refractivity contribution < 1.29 is 0 Å². The van der Waals surface area contributed by atoms with Crippen LogP contribution < -0.4 is 10.6 Å². The van der Waals surface area contributed by atoms with E-state index in [0.717, 1.165) is 39.1 Å². The highest BCUT2D eigenvalue weighted by atomic mass is 15.2. The van der Waals surface area contributed by atoms with Gasteiger partial charge in [-0.15, -0.1) is 0 Å². The molecule has 3 rings (SSSR count). The van der Waals surface area contributed by atoms with E-state index in [0.29, 0.717) is 0 Å². The summed E-state index contributed by atoms with van der Waals surface area (Å²) in [7, 11) is 0. The molecule has 3 heteroatoms. The van der Waals surface area contributed by atoms with Crippen LogP contribution in [0, 0.1) is 0 Å². The number of rotatable bonds is 5. The van der Waals surface area contributed by atoms with Crippen LogP contribution in [0.4, 0.5) is 5.69 Å². The summed E-state index contributed by atoms with van der Waals surface area (Å²) in [5.74, 6) is 0. The summed E-state index contributed by atoms with van der Waals surface area (Å²) in [6.07, 6.45) is 2.33. The Kier molecular flexibility index (Phi) is 5.67. The summed E-state index contributed by atoms with van der Waals surface area (Å²) in [4.78, 5) is 5.06. The summed E-state index contributed by atoms with van der Waals surface area (Å²) < 4.78 is 0. The minimum absolute atomic E-state index is 0.793. The van der Waals surface area contributed by atoms with Crippen molar-refractivity contribution in [3.63, 3.8) is 0 Å². The molecule has 0 unspecified atom stereocenters. The number of nitrogens with two attached hydrogens (primary N) is 1. The summed E-state index contributed by atoms with van der Waals surface area (Å²) in [5.41, 5.74) is 9.53. The molecule has 2 N–H and O–H groups in total. The Hall–Kier alpha value is -1.84. The summed E-state index contributed by atoms with van der Waals surface area (Å²) >= 11 is 0. The summed E-state index contributed by atoms with van der Waals surface area (Å²) in [6, 6.07) is 19.6. The zero-order valence-electron chi connectivity index (χ0n) is 13.8. The average Bonchev–Trinajstić information content (AvgIpc) is 2.86. The predicted octanol–water partition coefficient (Wildman–Crippen LogP) is 3.21. The highest BCUT2D eigenvalue weighted by Gasteiger charge is 2.14. The third kappa shape index (κ3) is 4.34. The molecule has 1 fully saturated rings. The van der Waals surface area contributed by atoms with Crippen LogP contribution >= 0.6 is 0 Å². The van der Waals surface area contributed by atoms with Gasteiger partial charge in [-0.2, -0.15) is 0 Å². The van der Waals surface area contributed by atoms with Crippen LogP contribution in [0.25, 0.3) is 11.1 Å². The van der Waals surface area contributed by atoms with Crippen LogP contribution in [0.2, 0.25) is 0 Å². The maximum Gasteiger partial charge on any atom is 0.0367 e. The van der Waals surface area contributed by atoms with Gasteiger partial charge in [0.05, 0.1) is 0 Å². The molecule has 23 heavy (non-hydrogen) atoms. The van der Waals surface area contributed by atoms with Gasteiger partial charge >= 0.3 is 0 Å². The lowest BCUT2D eigenvalue weighted by molar-refractivity contribution is 0.291. The van der Waals surface area contributed by atoms with Gasteiger partial charge in [-0.3, -0.25) is 0 Å². The Morgan fingerprint density at radius 1 is 0.783 bits per heavy atom. The van der Waals surface area contributed by atoms with Crippen molar-refractivity contribution in [1.29, 1.82) is 0 Å². The molecule has 3 nitrogen and oxygen atoms in total. The van der Waals surface area contributed by atoms with E-state index in [2.05, 4.69) is 64.4 Å². The zero-order valence-corrected chi connectivity index (χ0v) is 13.8. The SMILES string of the molecule is NCCCN1CCCN(c2ccc(-c3ccccc3)cc2)CC1. The Morgan fingerprint density at radius 2 is 1.52 bits per heavy atom. The van der Waals surface area contributed by atoms with Gasteiger partial charge in [0.1, 0.15) is 0 Å². The quantitative estimate of drug-likeness (QED) is 0.920. The van der Waals surface area contributed by atoms with Gasteiger partial charge in [-0.25, -0.2) is 0 Å². The van der Waals surface area contributed by atoms with Crippen molar-refractivity contribution in [3.05, 3.63) is 54.6 Å². The monoisotopic (exact) mass is 309 g/mol. The molecule has 2 aromatic rings. The van der Waals surface area contributed by atoms with Crippen molar-refractivity contribution in [2.75, 3.05) is 44.2 Å². The van der Waals surface area contributed by atoms with Crippen LogP contribution in [-0.4, -0.2) is 44.2 Å². The zero-order chi connectivity index (χ0) is 15.9. The highest BCUT2D eigenvalue weighted by molar-refractivity contribution is 5.66. The van der Waals surface area contributed by atoms with Gasteiger partial charge in [0, 0.05) is 25.3 Å². The molecule has 0 saturated carbocycles. The first-order chi connectivity index (χ1) is 11.4.